The van der Waals surface area contributed by atoms with Crippen LogP contribution in [0.25, 0.3) is 0 Å². The van der Waals surface area contributed by atoms with E-state index < -0.39 is 0 Å². The Kier molecular flexibility index (Phi) is 2.85. The van der Waals surface area contributed by atoms with E-state index in [0.29, 0.717) is 10.3 Å². The van der Waals surface area contributed by atoms with Crippen molar-refractivity contribution in [2.24, 2.45) is 4.99 Å². The molecule has 11 heavy (non-hydrogen) atoms. The summed E-state index contributed by atoms with van der Waals surface area (Å²) in [7, 11) is 1.68. The number of aliphatic imine (C=N–C) groups is 1. The van der Waals surface area contributed by atoms with E-state index in [1.165, 1.54) is 0 Å². The highest BCUT2D eigenvalue weighted by Gasteiger charge is 1.95. The van der Waals surface area contributed by atoms with Crippen LogP contribution < -0.4 is 0 Å². The molecular weight excluding hydrogens is 183 g/mol. The van der Waals surface area contributed by atoms with Crippen molar-refractivity contribution in [1.29, 1.82) is 0 Å². The zero-order chi connectivity index (χ0) is 8.27. The maximum absolute atomic E-state index is 5.63. The van der Waals surface area contributed by atoms with Crippen molar-refractivity contribution in [2.75, 3.05) is 7.05 Å². The van der Waals surface area contributed by atoms with Gasteiger partial charge in [-0.15, -0.1) is 0 Å². The van der Waals surface area contributed by atoms with Gasteiger partial charge in [-0.1, -0.05) is 23.2 Å². The second kappa shape index (κ2) is 3.69. The summed E-state index contributed by atoms with van der Waals surface area (Å²) >= 11 is 11.3. The average Bonchev–Trinajstić information content (AvgIpc) is 1.85. The molecule has 0 aliphatic heterocycles. The van der Waals surface area contributed by atoms with Crippen molar-refractivity contribution in [3.05, 3.63) is 28.0 Å². The van der Waals surface area contributed by atoms with Gasteiger partial charge in [-0.3, -0.25) is 4.99 Å². The van der Waals surface area contributed by atoms with E-state index in [-0.39, 0.29) is 0 Å². The zero-order valence-corrected chi connectivity index (χ0v) is 7.39. The second-order valence-electron chi connectivity index (χ2n) is 1.93. The largest absolute Gasteiger partial charge is 0.296 e. The summed E-state index contributed by atoms with van der Waals surface area (Å²) in [5, 5.41) is 0.764. The summed E-state index contributed by atoms with van der Waals surface area (Å²) in [4.78, 5) is 7.60. The molecule has 0 saturated heterocycles. The van der Waals surface area contributed by atoms with E-state index in [0.717, 1.165) is 5.56 Å². The second-order valence-corrected chi connectivity index (χ2v) is 2.71. The summed E-state index contributed by atoms with van der Waals surface area (Å²) in [5.41, 5.74) is 0.859. The monoisotopic (exact) mass is 188 g/mol. The summed E-state index contributed by atoms with van der Waals surface area (Å²) in [6.07, 6.45) is 1.67. The fraction of sp³-hybridized carbons (Fsp3) is 0.143. The van der Waals surface area contributed by atoms with Crippen molar-refractivity contribution in [3.8, 4) is 0 Å². The molecule has 0 radical (unpaired) electrons. The van der Waals surface area contributed by atoms with Crippen LogP contribution in [0, 0.1) is 0 Å². The van der Waals surface area contributed by atoms with E-state index in [9.17, 15) is 0 Å². The van der Waals surface area contributed by atoms with Crippen LogP contribution in [0.3, 0.4) is 0 Å². The van der Waals surface area contributed by atoms with Gasteiger partial charge in [0, 0.05) is 13.3 Å². The molecular formula is C7H6Cl2N2. The molecule has 0 aromatic carbocycles. The lowest BCUT2D eigenvalue weighted by Gasteiger charge is -1.94. The Morgan fingerprint density at radius 1 is 1.36 bits per heavy atom. The zero-order valence-electron chi connectivity index (χ0n) is 5.88. The summed E-state index contributed by atoms with van der Waals surface area (Å²) in [6.45, 7) is 0. The third-order valence-corrected chi connectivity index (χ3v) is 1.45. The van der Waals surface area contributed by atoms with Gasteiger partial charge < -0.3 is 0 Å². The first kappa shape index (κ1) is 8.50. The van der Waals surface area contributed by atoms with Crippen LogP contribution in [0.4, 0.5) is 0 Å². The van der Waals surface area contributed by atoms with E-state index in [1.807, 2.05) is 0 Å². The molecule has 0 saturated carbocycles. The molecule has 0 aliphatic rings. The van der Waals surface area contributed by atoms with Crippen LogP contribution in [0.5, 0.6) is 0 Å². The van der Waals surface area contributed by atoms with Crippen LogP contribution in [-0.2, 0) is 0 Å². The maximum Gasteiger partial charge on any atom is 0.131 e. The Labute approximate surface area is 74.9 Å². The normalized spacial score (nSPS) is 10.8. The van der Waals surface area contributed by atoms with Crippen LogP contribution in [0.15, 0.2) is 17.1 Å². The van der Waals surface area contributed by atoms with E-state index in [4.69, 9.17) is 23.2 Å². The van der Waals surface area contributed by atoms with Gasteiger partial charge >= 0.3 is 0 Å². The first-order valence-corrected chi connectivity index (χ1v) is 3.73. The fourth-order valence-electron chi connectivity index (χ4n) is 0.707. The predicted octanol–water partition coefficient (Wildman–Crippen LogP) is 2.44. The van der Waals surface area contributed by atoms with E-state index in [1.54, 1.807) is 25.4 Å². The minimum absolute atomic E-state index is 0.382. The van der Waals surface area contributed by atoms with Crippen molar-refractivity contribution < 1.29 is 0 Å². The van der Waals surface area contributed by atoms with Crippen LogP contribution in [0.1, 0.15) is 5.56 Å². The highest BCUT2D eigenvalue weighted by atomic mass is 35.5. The standard InChI is InChI=1S/C7H6Cl2N2/c1-10-4-5-2-6(8)11-7(9)3-5/h2-4H,1H3. The van der Waals surface area contributed by atoms with Crippen LogP contribution >= 0.6 is 23.2 Å². The van der Waals surface area contributed by atoms with Gasteiger partial charge in [-0.2, -0.15) is 0 Å². The topological polar surface area (TPSA) is 25.2 Å². The molecule has 58 valence electrons. The first-order valence-electron chi connectivity index (χ1n) is 2.97. The molecule has 0 fully saturated rings. The lowest BCUT2D eigenvalue weighted by Crippen LogP contribution is -1.84. The van der Waals surface area contributed by atoms with Gasteiger partial charge in [0.15, 0.2) is 0 Å². The summed E-state index contributed by atoms with van der Waals surface area (Å²) in [6, 6.07) is 3.39. The minimum atomic E-state index is 0.382. The number of halogens is 2. The Hall–Kier alpha value is -0.600. The molecule has 0 amide bonds. The number of rotatable bonds is 1. The molecule has 1 rings (SSSR count). The SMILES string of the molecule is CN=Cc1cc(Cl)nc(Cl)c1. The maximum atomic E-state index is 5.63. The number of aromatic nitrogens is 1. The molecule has 1 aromatic heterocycles. The fourth-order valence-corrected chi connectivity index (χ4v) is 1.18. The van der Waals surface area contributed by atoms with Gasteiger partial charge in [-0.05, 0) is 17.7 Å². The molecule has 0 bridgehead atoms. The van der Waals surface area contributed by atoms with Gasteiger partial charge in [0.05, 0.1) is 0 Å². The lowest BCUT2D eigenvalue weighted by atomic mass is 10.3. The highest BCUT2D eigenvalue weighted by molar-refractivity contribution is 6.32. The Bertz CT molecular complexity index is 264. The van der Waals surface area contributed by atoms with Gasteiger partial charge in [0.2, 0.25) is 0 Å². The van der Waals surface area contributed by atoms with Gasteiger partial charge in [0.1, 0.15) is 10.3 Å². The minimum Gasteiger partial charge on any atom is -0.296 e. The quantitative estimate of drug-likeness (QED) is 0.492. The molecule has 4 heteroatoms. The third kappa shape index (κ3) is 2.48. The number of hydrogen-bond acceptors (Lipinski definition) is 2. The predicted molar refractivity (Wildman–Crippen MR) is 47.8 cm³/mol. The van der Waals surface area contributed by atoms with Crippen LogP contribution in [-0.4, -0.2) is 18.2 Å². The molecule has 0 unspecified atom stereocenters. The summed E-state index contributed by atoms with van der Waals surface area (Å²) in [5.74, 6) is 0. The Morgan fingerprint density at radius 2 is 1.91 bits per heavy atom. The molecule has 0 atom stereocenters. The number of pyridine rings is 1. The Balaban J connectivity index is 3.08. The van der Waals surface area contributed by atoms with E-state index >= 15 is 0 Å². The van der Waals surface area contributed by atoms with Gasteiger partial charge in [-0.25, -0.2) is 4.98 Å². The summed E-state index contributed by atoms with van der Waals surface area (Å²) < 4.78 is 0. The molecule has 0 aliphatic carbocycles. The average molecular weight is 189 g/mol. The van der Waals surface area contributed by atoms with Crippen LogP contribution in [0.2, 0.25) is 10.3 Å². The molecule has 2 nitrogen and oxygen atoms in total. The van der Waals surface area contributed by atoms with Gasteiger partial charge in [0.25, 0.3) is 0 Å². The molecule has 1 aromatic rings. The molecule has 1 heterocycles. The lowest BCUT2D eigenvalue weighted by molar-refractivity contribution is 1.32. The molecule has 0 spiro atoms. The highest BCUT2D eigenvalue weighted by Crippen LogP contribution is 2.12. The van der Waals surface area contributed by atoms with Crippen molar-refractivity contribution >= 4 is 29.4 Å². The number of nitrogens with zero attached hydrogens (tertiary/aromatic N) is 2. The smallest absolute Gasteiger partial charge is 0.131 e. The Morgan fingerprint density at radius 3 is 2.36 bits per heavy atom. The van der Waals surface area contributed by atoms with Crippen molar-refractivity contribution in [2.45, 2.75) is 0 Å². The first-order chi connectivity index (χ1) is 5.22. The third-order valence-electron chi connectivity index (χ3n) is 1.06. The van der Waals surface area contributed by atoms with E-state index in [2.05, 4.69) is 9.98 Å². The number of hydrogen-bond donors (Lipinski definition) is 0. The van der Waals surface area contributed by atoms with Crippen molar-refractivity contribution in [1.82, 2.24) is 4.98 Å². The van der Waals surface area contributed by atoms with Crippen molar-refractivity contribution in [3.63, 3.8) is 0 Å². The molecule has 0 N–H and O–H groups in total.